The van der Waals surface area contributed by atoms with Gasteiger partial charge in [0.05, 0.1) is 10.6 Å². The number of aromatic nitrogens is 1. The molecule has 1 aliphatic carbocycles. The van der Waals surface area contributed by atoms with Crippen LogP contribution < -0.4 is 5.49 Å². The fraction of sp³-hybridized carbons (Fsp3) is 0.455. The van der Waals surface area contributed by atoms with Crippen LogP contribution in [-0.4, -0.2) is 28.0 Å². The molecule has 0 amide bonds. The molecule has 1 saturated heterocycles. The lowest BCUT2D eigenvalue weighted by Gasteiger charge is -2.21. The third kappa shape index (κ3) is 4.69. The molecular formula is C22H26N2OS2. The van der Waals surface area contributed by atoms with Crippen LogP contribution in [0.25, 0.3) is 0 Å². The van der Waals surface area contributed by atoms with Crippen molar-refractivity contribution in [2.75, 3.05) is 11.5 Å². The van der Waals surface area contributed by atoms with Crippen LogP contribution >= 0.6 is 23.5 Å². The monoisotopic (exact) mass is 398 g/mol. The first-order chi connectivity index (χ1) is 13.3. The number of hydrogen-bond donors (Lipinski definition) is 0. The third-order valence-corrected chi connectivity index (χ3v) is 8.22. The van der Waals surface area contributed by atoms with Gasteiger partial charge in [0.25, 0.3) is 5.91 Å². The Morgan fingerprint density at radius 3 is 2.41 bits per heavy atom. The van der Waals surface area contributed by atoms with E-state index >= 15 is 0 Å². The Balaban J connectivity index is 1.56. The highest BCUT2D eigenvalue weighted by Crippen LogP contribution is 2.43. The summed E-state index contributed by atoms with van der Waals surface area (Å²) in [5.41, 5.74) is 2.81. The Hall–Kier alpha value is -1.46. The van der Waals surface area contributed by atoms with Crippen LogP contribution in [0, 0.1) is 0 Å². The van der Waals surface area contributed by atoms with Gasteiger partial charge in [-0.1, -0.05) is 37.5 Å². The molecule has 0 unspecified atom stereocenters. The van der Waals surface area contributed by atoms with Crippen molar-refractivity contribution in [1.82, 2.24) is 4.57 Å². The van der Waals surface area contributed by atoms with Crippen molar-refractivity contribution >= 4 is 29.4 Å². The summed E-state index contributed by atoms with van der Waals surface area (Å²) < 4.78 is 2.21. The lowest BCUT2D eigenvalue weighted by Crippen LogP contribution is -2.29. The number of carbonyl (C=O) groups is 1. The minimum atomic E-state index is 0.000611. The maximum atomic E-state index is 13.1. The van der Waals surface area contributed by atoms with Crippen molar-refractivity contribution < 1.29 is 4.79 Å². The summed E-state index contributed by atoms with van der Waals surface area (Å²) in [5.74, 6) is 2.45. The van der Waals surface area contributed by atoms with Gasteiger partial charge in [0.1, 0.15) is 5.49 Å². The first kappa shape index (κ1) is 18.9. The van der Waals surface area contributed by atoms with Gasteiger partial charge in [0.2, 0.25) is 0 Å². The van der Waals surface area contributed by atoms with Gasteiger partial charge in [-0.3, -0.25) is 14.4 Å². The van der Waals surface area contributed by atoms with E-state index in [1.807, 2.05) is 60.1 Å². The summed E-state index contributed by atoms with van der Waals surface area (Å²) in [7, 11) is 0. The van der Waals surface area contributed by atoms with Crippen LogP contribution in [0.5, 0.6) is 0 Å². The van der Waals surface area contributed by atoms with Crippen LogP contribution in [0.2, 0.25) is 0 Å². The first-order valence-corrected chi connectivity index (χ1v) is 12.0. The molecule has 3 nitrogen and oxygen atoms in total. The van der Waals surface area contributed by atoms with Crippen molar-refractivity contribution in [3.8, 4) is 0 Å². The van der Waals surface area contributed by atoms with Crippen molar-refractivity contribution in [3.05, 3.63) is 65.3 Å². The minimum absolute atomic E-state index is 0.000611. The second-order valence-corrected chi connectivity index (χ2v) is 9.93. The number of carbonyl (C=O) groups excluding carboxylic acids is 1. The zero-order chi connectivity index (χ0) is 18.5. The van der Waals surface area contributed by atoms with Gasteiger partial charge in [-0.2, -0.15) is 0 Å². The topological polar surface area (TPSA) is 34.4 Å². The SMILES string of the molecule is O=C(c1ccc(C2SCCCS2)cc1)n1ccccc1=NC1CCCCC1. The number of hydrogen-bond acceptors (Lipinski definition) is 4. The molecular weight excluding hydrogens is 372 g/mol. The molecule has 1 aromatic carbocycles. The van der Waals surface area contributed by atoms with Gasteiger partial charge < -0.3 is 0 Å². The second kappa shape index (κ2) is 9.16. The van der Waals surface area contributed by atoms with Gasteiger partial charge in [0.15, 0.2) is 0 Å². The van der Waals surface area contributed by atoms with E-state index in [0.717, 1.165) is 23.9 Å². The van der Waals surface area contributed by atoms with Crippen LogP contribution in [0.4, 0.5) is 0 Å². The van der Waals surface area contributed by atoms with E-state index in [1.165, 1.54) is 42.8 Å². The molecule has 27 heavy (non-hydrogen) atoms. The molecule has 4 rings (SSSR count). The highest BCUT2D eigenvalue weighted by molar-refractivity contribution is 8.16. The Kier molecular flexibility index (Phi) is 6.40. The van der Waals surface area contributed by atoms with Crippen LogP contribution in [0.1, 0.15) is 59.0 Å². The fourth-order valence-electron chi connectivity index (χ4n) is 3.71. The number of rotatable bonds is 3. The molecule has 0 radical (unpaired) electrons. The largest absolute Gasteiger partial charge is 0.268 e. The molecule has 1 aromatic heterocycles. The van der Waals surface area contributed by atoms with E-state index in [2.05, 4.69) is 12.1 Å². The molecule has 2 heterocycles. The van der Waals surface area contributed by atoms with Crippen molar-refractivity contribution in [3.63, 3.8) is 0 Å². The maximum absolute atomic E-state index is 13.1. The molecule has 2 aromatic rings. The average Bonchev–Trinajstić information content (AvgIpc) is 2.75. The predicted molar refractivity (Wildman–Crippen MR) is 115 cm³/mol. The van der Waals surface area contributed by atoms with E-state index in [4.69, 9.17) is 4.99 Å². The zero-order valence-corrected chi connectivity index (χ0v) is 17.2. The molecule has 1 aliphatic heterocycles. The van der Waals surface area contributed by atoms with E-state index < -0.39 is 0 Å². The Labute approximate surface area is 169 Å². The zero-order valence-electron chi connectivity index (χ0n) is 15.5. The van der Waals surface area contributed by atoms with E-state index in [-0.39, 0.29) is 5.91 Å². The average molecular weight is 399 g/mol. The predicted octanol–water partition coefficient (Wildman–Crippen LogP) is 5.28. The highest BCUT2D eigenvalue weighted by Gasteiger charge is 2.18. The van der Waals surface area contributed by atoms with E-state index in [9.17, 15) is 4.79 Å². The molecule has 0 spiro atoms. The number of pyridine rings is 1. The summed E-state index contributed by atoms with van der Waals surface area (Å²) in [5, 5.41) is 0. The summed E-state index contributed by atoms with van der Waals surface area (Å²) in [6.07, 6.45) is 9.19. The van der Waals surface area contributed by atoms with Crippen molar-refractivity contribution in [1.29, 1.82) is 0 Å². The Morgan fingerprint density at radius 1 is 0.926 bits per heavy atom. The number of thioether (sulfide) groups is 2. The molecule has 2 aliphatic rings. The van der Waals surface area contributed by atoms with Crippen LogP contribution in [0.15, 0.2) is 53.7 Å². The van der Waals surface area contributed by atoms with Gasteiger partial charge in [-0.25, -0.2) is 0 Å². The fourth-order valence-corrected chi connectivity index (χ4v) is 6.60. The third-order valence-electron chi connectivity index (χ3n) is 5.20. The van der Waals surface area contributed by atoms with Crippen LogP contribution in [-0.2, 0) is 0 Å². The molecule has 0 atom stereocenters. The molecule has 0 N–H and O–H groups in total. The van der Waals surface area contributed by atoms with Gasteiger partial charge in [0, 0.05) is 11.8 Å². The molecule has 1 saturated carbocycles. The normalized spacial score (nSPS) is 19.9. The second-order valence-electron chi connectivity index (χ2n) is 7.20. The number of benzene rings is 1. The molecule has 2 fully saturated rings. The van der Waals surface area contributed by atoms with Gasteiger partial charge in [-0.15, -0.1) is 23.5 Å². The van der Waals surface area contributed by atoms with E-state index in [0.29, 0.717) is 10.6 Å². The summed E-state index contributed by atoms with van der Waals surface area (Å²) >= 11 is 4.01. The van der Waals surface area contributed by atoms with Gasteiger partial charge in [-0.05, 0) is 60.6 Å². The molecule has 142 valence electrons. The molecule has 5 heteroatoms. The van der Waals surface area contributed by atoms with Crippen molar-refractivity contribution in [2.45, 2.75) is 49.1 Å². The lowest BCUT2D eigenvalue weighted by molar-refractivity contribution is 0.0954. The first-order valence-electron chi connectivity index (χ1n) is 9.91. The van der Waals surface area contributed by atoms with Crippen LogP contribution in [0.3, 0.4) is 0 Å². The number of nitrogens with zero attached hydrogens (tertiary/aromatic N) is 2. The van der Waals surface area contributed by atoms with Crippen molar-refractivity contribution in [2.24, 2.45) is 4.99 Å². The minimum Gasteiger partial charge on any atom is -0.268 e. The summed E-state index contributed by atoms with van der Waals surface area (Å²) in [4.78, 5) is 18.0. The smallest absolute Gasteiger partial charge is 0.263 e. The quantitative estimate of drug-likeness (QED) is 0.705. The standard InChI is InChI=1S/C22H26N2OS2/c25-21(17-10-12-18(13-11-17)22-26-15-6-16-27-22)24-14-5-4-9-20(24)23-19-7-2-1-3-8-19/h4-5,9-14,19,22H,1-3,6-8,15-16H2. The Morgan fingerprint density at radius 2 is 1.67 bits per heavy atom. The lowest BCUT2D eigenvalue weighted by atomic mass is 9.96. The molecule has 0 bridgehead atoms. The van der Waals surface area contributed by atoms with Gasteiger partial charge >= 0.3 is 0 Å². The van der Waals surface area contributed by atoms with E-state index in [1.54, 1.807) is 4.57 Å². The maximum Gasteiger partial charge on any atom is 0.263 e. The highest BCUT2D eigenvalue weighted by atomic mass is 32.2. The summed E-state index contributed by atoms with van der Waals surface area (Å²) in [6, 6.07) is 14.3. The summed E-state index contributed by atoms with van der Waals surface area (Å²) in [6.45, 7) is 0. The Bertz CT molecular complexity index is 832.